The number of benzene rings is 2. The summed E-state index contributed by atoms with van der Waals surface area (Å²) in [5.41, 5.74) is 3.17. The Morgan fingerprint density at radius 3 is 2.69 bits per heavy atom. The van der Waals surface area contributed by atoms with Gasteiger partial charge < -0.3 is 23.8 Å². The number of likely N-dealkylation sites (tertiary alicyclic amines) is 1. The zero-order valence-electron chi connectivity index (χ0n) is 18.0. The van der Waals surface area contributed by atoms with E-state index in [9.17, 15) is 4.79 Å². The number of hydrogen-bond donors (Lipinski definition) is 1. The maximum atomic E-state index is 13.1. The molecule has 0 atom stereocenters. The molecule has 4 aromatic rings. The summed E-state index contributed by atoms with van der Waals surface area (Å²) in [5.74, 6) is 2.33. The van der Waals surface area contributed by atoms with Gasteiger partial charge in [0, 0.05) is 35.8 Å². The normalized spacial score (nSPS) is 14.6. The highest BCUT2D eigenvalue weighted by molar-refractivity contribution is 5.93. The van der Waals surface area contributed by atoms with Crippen LogP contribution in [0.5, 0.6) is 11.5 Å². The number of ether oxygens (including phenoxy) is 2. The van der Waals surface area contributed by atoms with Crippen LogP contribution in [0.15, 0.2) is 71.5 Å². The van der Waals surface area contributed by atoms with Gasteiger partial charge in [-0.2, -0.15) is 0 Å². The number of carbonyl (C=O) groups is 1. The minimum atomic E-state index is -0.0688. The fourth-order valence-electron chi connectivity index (χ4n) is 4.44. The lowest BCUT2D eigenvalue weighted by Gasteiger charge is -2.31. The van der Waals surface area contributed by atoms with Crippen molar-refractivity contribution in [2.45, 2.75) is 25.4 Å². The molecule has 2 aromatic heterocycles. The summed E-state index contributed by atoms with van der Waals surface area (Å²) in [4.78, 5) is 18.4. The third-order valence-corrected chi connectivity index (χ3v) is 6.22. The molecule has 0 unspecified atom stereocenters. The lowest BCUT2D eigenvalue weighted by atomic mass is 9.89. The van der Waals surface area contributed by atoms with Crippen molar-refractivity contribution in [1.82, 2.24) is 9.88 Å². The molecule has 1 aliphatic rings. The van der Waals surface area contributed by atoms with Gasteiger partial charge in [-0.25, -0.2) is 0 Å². The Balaban J connectivity index is 1.24. The topological polar surface area (TPSA) is 67.7 Å². The molecule has 0 aliphatic carbocycles. The second-order valence-corrected chi connectivity index (χ2v) is 8.10. The van der Waals surface area contributed by atoms with E-state index in [1.54, 1.807) is 13.4 Å². The molecule has 3 heterocycles. The molecule has 164 valence electrons. The molecule has 1 aliphatic heterocycles. The number of methoxy groups -OCH3 is 1. The van der Waals surface area contributed by atoms with E-state index < -0.39 is 0 Å². The van der Waals surface area contributed by atoms with Crippen molar-refractivity contribution in [2.75, 3.05) is 20.2 Å². The number of aromatic amines is 1. The van der Waals surface area contributed by atoms with Crippen molar-refractivity contribution in [3.63, 3.8) is 0 Å². The third kappa shape index (κ3) is 3.96. The molecule has 6 nitrogen and oxygen atoms in total. The minimum absolute atomic E-state index is 0.0688. The average Bonchev–Trinajstić information content (AvgIpc) is 3.49. The van der Waals surface area contributed by atoms with Gasteiger partial charge in [-0.1, -0.05) is 18.2 Å². The summed E-state index contributed by atoms with van der Waals surface area (Å²) >= 11 is 0. The molecule has 0 radical (unpaired) electrons. The van der Waals surface area contributed by atoms with Crippen LogP contribution in [0.25, 0.3) is 10.9 Å². The summed E-state index contributed by atoms with van der Waals surface area (Å²) in [5, 5.41) is 1.19. The van der Waals surface area contributed by atoms with Gasteiger partial charge in [0.15, 0.2) is 5.76 Å². The van der Waals surface area contributed by atoms with Gasteiger partial charge >= 0.3 is 0 Å². The van der Waals surface area contributed by atoms with E-state index in [0.29, 0.717) is 31.4 Å². The van der Waals surface area contributed by atoms with Crippen molar-refractivity contribution >= 4 is 16.8 Å². The summed E-state index contributed by atoms with van der Waals surface area (Å²) in [6.07, 6.45) is 5.47. The maximum absolute atomic E-state index is 13.1. The van der Waals surface area contributed by atoms with Crippen LogP contribution in [0.4, 0.5) is 0 Å². The number of H-pyrrole nitrogens is 1. The van der Waals surface area contributed by atoms with Gasteiger partial charge in [0.25, 0.3) is 5.91 Å². The molecule has 1 N–H and O–H groups in total. The first-order chi connectivity index (χ1) is 15.7. The number of para-hydroxylation sites is 1. The van der Waals surface area contributed by atoms with Gasteiger partial charge in [-0.3, -0.25) is 4.79 Å². The molecule has 1 saturated heterocycles. The highest BCUT2D eigenvalue weighted by Crippen LogP contribution is 2.35. The third-order valence-electron chi connectivity index (χ3n) is 6.22. The number of amides is 1. The van der Waals surface area contributed by atoms with Crippen molar-refractivity contribution in [3.05, 3.63) is 83.9 Å². The molecular weight excluding hydrogens is 404 g/mol. The average molecular weight is 431 g/mol. The van der Waals surface area contributed by atoms with Crippen molar-refractivity contribution in [2.24, 2.45) is 0 Å². The molecule has 6 heteroatoms. The van der Waals surface area contributed by atoms with E-state index in [0.717, 1.165) is 35.4 Å². The fourth-order valence-corrected chi connectivity index (χ4v) is 4.44. The molecular formula is C26H26N2O4. The first-order valence-electron chi connectivity index (χ1n) is 10.9. The smallest absolute Gasteiger partial charge is 0.289 e. The quantitative estimate of drug-likeness (QED) is 0.447. The molecule has 2 aromatic carbocycles. The Labute approximate surface area is 186 Å². The number of hydrogen-bond acceptors (Lipinski definition) is 4. The second kappa shape index (κ2) is 8.83. The summed E-state index contributed by atoms with van der Waals surface area (Å²) < 4.78 is 16.8. The predicted octanol–water partition coefficient (Wildman–Crippen LogP) is 5.37. The SMILES string of the molecule is COc1ccc2[nH]cc(C3CCN(C(=O)c4occc4COc4ccccc4)CC3)c2c1. The predicted molar refractivity (Wildman–Crippen MR) is 122 cm³/mol. The molecule has 0 bridgehead atoms. The lowest BCUT2D eigenvalue weighted by Crippen LogP contribution is -2.38. The zero-order chi connectivity index (χ0) is 21.9. The fraction of sp³-hybridized carbons (Fsp3) is 0.269. The van der Waals surface area contributed by atoms with Gasteiger partial charge in [0.05, 0.1) is 13.4 Å². The van der Waals surface area contributed by atoms with Crippen molar-refractivity contribution < 1.29 is 18.7 Å². The van der Waals surface area contributed by atoms with Crippen LogP contribution < -0.4 is 9.47 Å². The lowest BCUT2D eigenvalue weighted by molar-refractivity contribution is 0.0677. The Hall–Kier alpha value is -3.67. The van der Waals surface area contributed by atoms with Crippen LogP contribution in [-0.4, -0.2) is 36.0 Å². The number of carbonyl (C=O) groups excluding carboxylic acids is 1. The molecule has 0 spiro atoms. The summed E-state index contributed by atoms with van der Waals surface area (Å²) in [6.45, 7) is 1.69. The Bertz CT molecular complexity index is 1200. The van der Waals surface area contributed by atoms with Gasteiger partial charge in [-0.15, -0.1) is 0 Å². The number of aromatic nitrogens is 1. The van der Waals surface area contributed by atoms with Crippen LogP contribution in [-0.2, 0) is 6.61 Å². The van der Waals surface area contributed by atoms with E-state index in [4.69, 9.17) is 13.9 Å². The van der Waals surface area contributed by atoms with Crippen LogP contribution in [0.2, 0.25) is 0 Å². The number of piperidine rings is 1. The second-order valence-electron chi connectivity index (χ2n) is 8.10. The zero-order valence-corrected chi connectivity index (χ0v) is 18.0. The standard InChI is InChI=1S/C26H26N2O4/c1-30-21-7-8-24-22(15-21)23(16-27-24)18-9-12-28(13-10-18)26(29)25-19(11-14-31-25)17-32-20-5-3-2-4-6-20/h2-8,11,14-16,18,27H,9-10,12-13,17H2,1H3. The van der Waals surface area contributed by atoms with Gasteiger partial charge in [0.2, 0.25) is 0 Å². The van der Waals surface area contributed by atoms with E-state index >= 15 is 0 Å². The number of rotatable bonds is 6. The van der Waals surface area contributed by atoms with Crippen LogP contribution >= 0.6 is 0 Å². The van der Waals surface area contributed by atoms with Crippen molar-refractivity contribution in [1.29, 1.82) is 0 Å². The molecule has 1 fully saturated rings. The molecule has 0 saturated carbocycles. The first-order valence-corrected chi connectivity index (χ1v) is 10.9. The number of furan rings is 1. The molecule has 1 amide bonds. The largest absolute Gasteiger partial charge is 0.497 e. The van der Waals surface area contributed by atoms with Crippen LogP contribution in [0.1, 0.15) is 40.4 Å². The van der Waals surface area contributed by atoms with Gasteiger partial charge in [-0.05, 0) is 60.7 Å². The number of nitrogens with one attached hydrogen (secondary N) is 1. The van der Waals surface area contributed by atoms with Crippen LogP contribution in [0, 0.1) is 0 Å². The Kier molecular flexibility index (Phi) is 5.58. The highest BCUT2D eigenvalue weighted by Gasteiger charge is 2.28. The van der Waals surface area contributed by atoms with E-state index in [2.05, 4.69) is 17.2 Å². The van der Waals surface area contributed by atoms with E-state index in [-0.39, 0.29) is 5.91 Å². The molecule has 32 heavy (non-hydrogen) atoms. The Morgan fingerprint density at radius 2 is 1.91 bits per heavy atom. The number of nitrogens with zero attached hydrogens (tertiary/aromatic N) is 1. The molecule has 5 rings (SSSR count). The highest BCUT2D eigenvalue weighted by atomic mass is 16.5. The van der Waals surface area contributed by atoms with Crippen LogP contribution in [0.3, 0.4) is 0 Å². The minimum Gasteiger partial charge on any atom is -0.497 e. The Morgan fingerprint density at radius 1 is 1.09 bits per heavy atom. The monoisotopic (exact) mass is 430 g/mol. The first kappa shape index (κ1) is 20.2. The summed E-state index contributed by atoms with van der Waals surface area (Å²) in [6, 6.07) is 17.5. The number of fused-ring (bicyclic) bond motifs is 1. The maximum Gasteiger partial charge on any atom is 0.289 e. The van der Waals surface area contributed by atoms with E-state index in [1.165, 1.54) is 10.9 Å². The van der Waals surface area contributed by atoms with Crippen molar-refractivity contribution in [3.8, 4) is 11.5 Å². The van der Waals surface area contributed by atoms with Gasteiger partial charge in [0.1, 0.15) is 18.1 Å². The summed E-state index contributed by atoms with van der Waals surface area (Å²) in [7, 11) is 1.69. The van der Waals surface area contributed by atoms with E-state index in [1.807, 2.05) is 53.4 Å².